The Balaban J connectivity index is 2.85. The van der Waals surface area contributed by atoms with Gasteiger partial charge in [0.2, 0.25) is 12.6 Å². The molecular weight excluding hydrogens is 346 g/mol. The first kappa shape index (κ1) is 23.7. The molecular formula is C17H35NO8. The van der Waals surface area contributed by atoms with Gasteiger partial charge in [0.25, 0.3) is 0 Å². The summed E-state index contributed by atoms with van der Waals surface area (Å²) >= 11 is 0. The molecule has 7 atom stereocenters. The van der Waals surface area contributed by atoms with Crippen LogP contribution in [0.25, 0.3) is 0 Å². The second kappa shape index (κ2) is 11.5. The fraction of sp³-hybridized carbons (Fsp3) is 1.00. The Morgan fingerprint density at radius 1 is 1.23 bits per heavy atom. The average Bonchev–Trinajstić information content (AvgIpc) is 2.60. The topological polar surface area (TPSA) is 144 Å². The van der Waals surface area contributed by atoms with Gasteiger partial charge in [-0.25, -0.2) is 0 Å². The molecule has 9 nitrogen and oxygen atoms in total. The lowest BCUT2D eigenvalue weighted by molar-refractivity contribution is -0.344. The Morgan fingerprint density at radius 3 is 2.35 bits per heavy atom. The van der Waals surface area contributed by atoms with Gasteiger partial charge in [0.1, 0.15) is 12.2 Å². The third-order valence-electron chi connectivity index (χ3n) is 4.55. The lowest BCUT2D eigenvalue weighted by Gasteiger charge is -2.44. The van der Waals surface area contributed by atoms with Crippen molar-refractivity contribution in [3.05, 3.63) is 0 Å². The van der Waals surface area contributed by atoms with Crippen LogP contribution < -0.4 is 5.73 Å². The maximum atomic E-state index is 10.6. The molecule has 26 heavy (non-hydrogen) atoms. The first-order valence-corrected chi connectivity index (χ1v) is 9.19. The second-order valence-electron chi connectivity index (χ2n) is 6.94. The number of ether oxygens (including phenoxy) is 4. The summed E-state index contributed by atoms with van der Waals surface area (Å²) in [5.74, 6) is -0.336. The first-order chi connectivity index (χ1) is 12.3. The third-order valence-corrected chi connectivity index (χ3v) is 4.55. The molecule has 156 valence electrons. The number of hydrogen-bond donors (Lipinski definition) is 5. The van der Waals surface area contributed by atoms with Gasteiger partial charge in [-0.15, -0.1) is 0 Å². The molecule has 0 aromatic heterocycles. The highest BCUT2D eigenvalue weighted by atomic mass is 16.7. The van der Waals surface area contributed by atoms with Crippen molar-refractivity contribution in [2.75, 3.05) is 19.8 Å². The van der Waals surface area contributed by atoms with Crippen LogP contribution in [-0.4, -0.2) is 83.5 Å². The van der Waals surface area contributed by atoms with E-state index in [1.54, 1.807) is 6.92 Å². The Kier molecular flexibility index (Phi) is 10.5. The molecule has 1 saturated heterocycles. The molecule has 0 aromatic carbocycles. The summed E-state index contributed by atoms with van der Waals surface area (Å²) < 4.78 is 22.4. The van der Waals surface area contributed by atoms with Gasteiger partial charge in [-0.2, -0.15) is 0 Å². The molecule has 0 aliphatic carbocycles. The maximum absolute atomic E-state index is 10.6. The number of aliphatic hydroxyl groups excluding tert-OH is 3. The fourth-order valence-electron chi connectivity index (χ4n) is 2.97. The van der Waals surface area contributed by atoms with E-state index >= 15 is 0 Å². The normalized spacial score (nSPS) is 32.2. The van der Waals surface area contributed by atoms with Crippen LogP contribution >= 0.6 is 0 Å². The molecule has 0 saturated carbocycles. The molecule has 1 heterocycles. The second-order valence-corrected chi connectivity index (χ2v) is 6.94. The van der Waals surface area contributed by atoms with E-state index in [-0.39, 0.29) is 18.6 Å². The van der Waals surface area contributed by atoms with Crippen LogP contribution in [0.3, 0.4) is 0 Å². The van der Waals surface area contributed by atoms with Crippen molar-refractivity contribution >= 4 is 0 Å². The van der Waals surface area contributed by atoms with E-state index in [4.69, 9.17) is 24.7 Å². The molecule has 0 radical (unpaired) electrons. The number of rotatable bonds is 11. The highest BCUT2D eigenvalue weighted by Crippen LogP contribution is 2.30. The van der Waals surface area contributed by atoms with Crippen molar-refractivity contribution in [2.24, 2.45) is 17.6 Å². The Hall–Kier alpha value is -0.360. The minimum Gasteiger partial charge on any atom is -0.394 e. The van der Waals surface area contributed by atoms with E-state index in [1.807, 2.05) is 20.8 Å². The maximum Gasteiger partial charge on any atom is 0.209 e. The monoisotopic (exact) mass is 381 g/mol. The van der Waals surface area contributed by atoms with Gasteiger partial charge < -0.3 is 45.1 Å². The molecule has 0 bridgehead atoms. The smallest absolute Gasteiger partial charge is 0.209 e. The van der Waals surface area contributed by atoms with Crippen molar-refractivity contribution in [2.45, 2.75) is 77.4 Å². The minimum absolute atomic E-state index is 0.138. The van der Waals surface area contributed by atoms with Crippen LogP contribution in [0.1, 0.15) is 34.1 Å². The zero-order chi connectivity index (χ0) is 19.9. The SMILES string of the molecule is CCC(OC(OC1C(CO)OC(OCCN)C(C)C1O)C(O)O)C(C)C. The molecule has 0 aromatic rings. The van der Waals surface area contributed by atoms with Gasteiger partial charge in [0, 0.05) is 12.5 Å². The lowest BCUT2D eigenvalue weighted by atomic mass is 9.92. The summed E-state index contributed by atoms with van der Waals surface area (Å²) in [7, 11) is 0. The summed E-state index contributed by atoms with van der Waals surface area (Å²) in [5.41, 5.74) is 5.41. The summed E-state index contributed by atoms with van der Waals surface area (Å²) in [6, 6.07) is 0. The van der Waals surface area contributed by atoms with Crippen LogP contribution in [0.2, 0.25) is 0 Å². The molecule has 7 unspecified atom stereocenters. The molecule has 1 aliphatic heterocycles. The zero-order valence-corrected chi connectivity index (χ0v) is 16.0. The Labute approximate surface area is 155 Å². The number of nitrogens with two attached hydrogens (primary N) is 1. The largest absolute Gasteiger partial charge is 0.394 e. The standard InChI is InChI=1S/C17H35NO8/c1-5-11(9(2)3)24-17(15(21)22)26-14-12(8-19)25-16(23-7-6-18)10(4)13(14)20/h9-17,19-22H,5-8,18H2,1-4H3. The van der Waals surface area contributed by atoms with E-state index in [0.29, 0.717) is 13.0 Å². The van der Waals surface area contributed by atoms with Gasteiger partial charge in [-0.1, -0.05) is 27.7 Å². The summed E-state index contributed by atoms with van der Waals surface area (Å²) in [4.78, 5) is 0. The van der Waals surface area contributed by atoms with Crippen LogP contribution in [-0.2, 0) is 18.9 Å². The van der Waals surface area contributed by atoms with Gasteiger partial charge in [-0.05, 0) is 12.3 Å². The molecule has 6 N–H and O–H groups in total. The predicted octanol–water partition coefficient (Wildman–Crippen LogP) is -0.851. The Bertz CT molecular complexity index is 382. The van der Waals surface area contributed by atoms with Crippen molar-refractivity contribution in [1.82, 2.24) is 0 Å². The average molecular weight is 381 g/mol. The summed E-state index contributed by atoms with van der Waals surface area (Å²) in [6.07, 6.45) is -6.62. The van der Waals surface area contributed by atoms with Gasteiger partial charge in [-0.3, -0.25) is 0 Å². The molecule has 1 aliphatic rings. The quantitative estimate of drug-likeness (QED) is 0.289. The van der Waals surface area contributed by atoms with Crippen LogP contribution in [0.5, 0.6) is 0 Å². The fourth-order valence-corrected chi connectivity index (χ4v) is 2.97. The number of hydrogen-bond acceptors (Lipinski definition) is 9. The van der Waals surface area contributed by atoms with Gasteiger partial charge in [0.15, 0.2) is 6.29 Å². The zero-order valence-electron chi connectivity index (χ0n) is 16.0. The first-order valence-electron chi connectivity index (χ1n) is 9.19. The van der Waals surface area contributed by atoms with E-state index in [9.17, 15) is 20.4 Å². The van der Waals surface area contributed by atoms with E-state index in [2.05, 4.69) is 0 Å². The molecule has 0 amide bonds. The minimum atomic E-state index is -1.91. The molecule has 1 fully saturated rings. The van der Waals surface area contributed by atoms with Gasteiger partial charge in [0.05, 0.1) is 25.4 Å². The number of aliphatic hydroxyl groups is 4. The molecule has 0 spiro atoms. The van der Waals surface area contributed by atoms with E-state index in [1.165, 1.54) is 0 Å². The third kappa shape index (κ3) is 6.36. The van der Waals surface area contributed by atoms with E-state index < -0.39 is 49.7 Å². The summed E-state index contributed by atoms with van der Waals surface area (Å²) in [5, 5.41) is 39.5. The van der Waals surface area contributed by atoms with Crippen molar-refractivity contribution in [3.63, 3.8) is 0 Å². The van der Waals surface area contributed by atoms with Crippen LogP contribution in [0, 0.1) is 11.8 Å². The molecule has 1 rings (SSSR count). The van der Waals surface area contributed by atoms with Crippen molar-refractivity contribution in [3.8, 4) is 0 Å². The van der Waals surface area contributed by atoms with Gasteiger partial charge >= 0.3 is 0 Å². The van der Waals surface area contributed by atoms with Crippen LogP contribution in [0.4, 0.5) is 0 Å². The van der Waals surface area contributed by atoms with E-state index in [0.717, 1.165) is 0 Å². The highest BCUT2D eigenvalue weighted by Gasteiger charge is 2.46. The predicted molar refractivity (Wildman–Crippen MR) is 92.8 cm³/mol. The highest BCUT2D eigenvalue weighted by molar-refractivity contribution is 4.89. The Morgan fingerprint density at radius 2 is 1.88 bits per heavy atom. The lowest BCUT2D eigenvalue weighted by Crippen LogP contribution is -2.58. The summed E-state index contributed by atoms with van der Waals surface area (Å²) in [6.45, 7) is 7.64. The van der Waals surface area contributed by atoms with Crippen molar-refractivity contribution < 1.29 is 39.4 Å². The van der Waals surface area contributed by atoms with Crippen LogP contribution in [0.15, 0.2) is 0 Å². The molecule has 9 heteroatoms. The van der Waals surface area contributed by atoms with Crippen molar-refractivity contribution in [1.29, 1.82) is 0 Å².